The first-order chi connectivity index (χ1) is 6.61. The third-order valence-corrected chi connectivity index (χ3v) is 2.18. The zero-order chi connectivity index (χ0) is 10.7. The second-order valence-electron chi connectivity index (χ2n) is 3.15. The molecule has 7 heteroatoms. The molecule has 1 saturated heterocycles. The molecule has 86 valence electrons. The number of hydrogen-bond donors (Lipinski definition) is 4. The van der Waals surface area contributed by atoms with E-state index in [2.05, 4.69) is 0 Å². The van der Waals surface area contributed by atoms with Crippen LogP contribution in [0.1, 0.15) is 8.35 Å². The van der Waals surface area contributed by atoms with Crippen LogP contribution in [-0.4, -0.2) is 64.3 Å². The van der Waals surface area contributed by atoms with Crippen molar-refractivity contribution in [3.8, 4) is 0 Å². The first-order valence-corrected chi connectivity index (χ1v) is 4.54. The molecule has 0 aromatic carbocycles. The molecule has 4 N–H and O–H groups in total. The van der Waals surface area contributed by atoms with Gasteiger partial charge in [0.05, 0.1) is 6.61 Å². The summed E-state index contributed by atoms with van der Waals surface area (Å²) in [6, 6.07) is 0. The second kappa shape index (κ2) is 7.16. The Hall–Kier alpha value is 0.760. The smallest absolute Gasteiger partial charge is 1.00 e. The van der Waals surface area contributed by atoms with Crippen LogP contribution in [0, 0.1) is 0 Å². The van der Waals surface area contributed by atoms with Crippen LogP contribution in [0.2, 0.25) is 0 Å². The van der Waals surface area contributed by atoms with Gasteiger partial charge in [0.1, 0.15) is 24.4 Å². The van der Waals surface area contributed by atoms with E-state index < -0.39 is 37.3 Å². The van der Waals surface area contributed by atoms with Crippen molar-refractivity contribution in [3.63, 3.8) is 0 Å². The van der Waals surface area contributed by atoms with Gasteiger partial charge in [0.15, 0.2) is 6.29 Å². The van der Waals surface area contributed by atoms with E-state index in [1.807, 2.05) is 0 Å². The SMILES string of the molecule is CCO[C@H]1O[C@H](CO)[C@H](O)[C@H](O)[C@H]1O.[H-].[Na+]. The van der Waals surface area contributed by atoms with Crippen molar-refractivity contribution in [2.45, 2.75) is 37.6 Å². The summed E-state index contributed by atoms with van der Waals surface area (Å²) in [6.45, 7) is 1.58. The van der Waals surface area contributed by atoms with Crippen LogP contribution in [0.25, 0.3) is 0 Å². The standard InChI is InChI=1S/C8H16O6.Na.H/c1-2-13-8-7(12)6(11)5(10)4(3-9)14-8;;/h4-12H,2-3H2,1H3;;/q;+1;-1/t4-,5+,6+,7-,8+;;/m1../s1. The van der Waals surface area contributed by atoms with E-state index in [1.165, 1.54) is 0 Å². The predicted octanol–water partition coefficient (Wildman–Crippen LogP) is -5.06. The number of hydrogen-bond acceptors (Lipinski definition) is 6. The summed E-state index contributed by atoms with van der Waals surface area (Å²) in [5.41, 5.74) is 0. The van der Waals surface area contributed by atoms with Gasteiger partial charge in [-0.25, -0.2) is 0 Å². The predicted molar refractivity (Wildman–Crippen MR) is 46.5 cm³/mol. The fourth-order valence-corrected chi connectivity index (χ4v) is 1.37. The van der Waals surface area contributed by atoms with Gasteiger partial charge in [0.25, 0.3) is 0 Å². The Kier molecular flexibility index (Phi) is 7.52. The molecule has 0 amide bonds. The largest absolute Gasteiger partial charge is 1.00 e. The maximum absolute atomic E-state index is 9.41. The van der Waals surface area contributed by atoms with E-state index in [4.69, 9.17) is 14.6 Å². The van der Waals surface area contributed by atoms with Gasteiger partial charge in [-0.2, -0.15) is 0 Å². The van der Waals surface area contributed by atoms with Crippen molar-refractivity contribution in [2.75, 3.05) is 13.2 Å². The van der Waals surface area contributed by atoms with E-state index in [1.54, 1.807) is 6.92 Å². The minimum absolute atomic E-state index is 0. The normalized spacial score (nSPS) is 41.0. The molecule has 0 spiro atoms. The molecule has 0 radical (unpaired) electrons. The molecule has 1 heterocycles. The number of aliphatic hydroxyl groups excluding tert-OH is 4. The van der Waals surface area contributed by atoms with Crippen molar-refractivity contribution in [1.29, 1.82) is 0 Å². The second-order valence-corrected chi connectivity index (χ2v) is 3.15. The average Bonchev–Trinajstić information content (AvgIpc) is 2.19. The molecule has 1 fully saturated rings. The van der Waals surface area contributed by atoms with Crippen LogP contribution in [0.4, 0.5) is 0 Å². The minimum atomic E-state index is -1.36. The monoisotopic (exact) mass is 232 g/mol. The third-order valence-electron chi connectivity index (χ3n) is 2.18. The molecule has 0 aromatic rings. The van der Waals surface area contributed by atoms with Crippen LogP contribution in [0.3, 0.4) is 0 Å². The molecule has 6 nitrogen and oxygen atoms in total. The van der Waals surface area contributed by atoms with Gasteiger partial charge in [0, 0.05) is 6.61 Å². The fourth-order valence-electron chi connectivity index (χ4n) is 1.37. The first kappa shape index (κ1) is 15.8. The number of ether oxygens (including phenoxy) is 2. The molecule has 0 saturated carbocycles. The zero-order valence-electron chi connectivity index (χ0n) is 9.91. The molecule has 5 atom stereocenters. The van der Waals surface area contributed by atoms with Crippen molar-refractivity contribution in [2.24, 2.45) is 0 Å². The van der Waals surface area contributed by atoms with Crippen LogP contribution in [0.5, 0.6) is 0 Å². The van der Waals surface area contributed by atoms with Crippen LogP contribution in [0.15, 0.2) is 0 Å². The van der Waals surface area contributed by atoms with Crippen molar-refractivity contribution < 1.29 is 60.9 Å². The Morgan fingerprint density at radius 3 is 2.27 bits per heavy atom. The van der Waals surface area contributed by atoms with E-state index >= 15 is 0 Å². The molecule has 1 aliphatic heterocycles. The zero-order valence-corrected chi connectivity index (χ0v) is 10.9. The number of rotatable bonds is 3. The topological polar surface area (TPSA) is 99.4 Å². The quantitative estimate of drug-likeness (QED) is 0.363. The Balaban J connectivity index is 0. The summed E-state index contributed by atoms with van der Waals surface area (Å²) in [6.07, 6.45) is -5.89. The van der Waals surface area contributed by atoms with E-state index in [-0.39, 0.29) is 31.0 Å². The van der Waals surface area contributed by atoms with Gasteiger partial charge < -0.3 is 31.3 Å². The van der Waals surface area contributed by atoms with Crippen molar-refractivity contribution >= 4 is 0 Å². The summed E-state index contributed by atoms with van der Waals surface area (Å²) in [5, 5.41) is 36.9. The summed E-state index contributed by atoms with van der Waals surface area (Å²) in [7, 11) is 0. The van der Waals surface area contributed by atoms with Crippen molar-refractivity contribution in [3.05, 3.63) is 0 Å². The van der Waals surface area contributed by atoms with Crippen LogP contribution in [-0.2, 0) is 9.47 Å². The molecule has 1 rings (SSSR count). The first-order valence-electron chi connectivity index (χ1n) is 4.54. The van der Waals surface area contributed by atoms with Gasteiger partial charge >= 0.3 is 29.6 Å². The van der Waals surface area contributed by atoms with Gasteiger partial charge in [-0.05, 0) is 6.92 Å². The maximum Gasteiger partial charge on any atom is 1.00 e. The molecule has 0 bridgehead atoms. The molecule has 0 aromatic heterocycles. The molecule has 0 unspecified atom stereocenters. The Morgan fingerprint density at radius 2 is 1.80 bits per heavy atom. The molecule has 1 aliphatic rings. The van der Waals surface area contributed by atoms with Gasteiger partial charge in [-0.3, -0.25) is 0 Å². The average molecular weight is 232 g/mol. The van der Waals surface area contributed by atoms with Crippen LogP contribution >= 0.6 is 0 Å². The summed E-state index contributed by atoms with van der Waals surface area (Å²) in [5.74, 6) is 0. The Labute approximate surface area is 112 Å². The summed E-state index contributed by atoms with van der Waals surface area (Å²) >= 11 is 0. The van der Waals surface area contributed by atoms with Gasteiger partial charge in [-0.15, -0.1) is 0 Å². The number of aliphatic hydroxyl groups is 4. The summed E-state index contributed by atoms with van der Waals surface area (Å²) in [4.78, 5) is 0. The molecule has 0 aliphatic carbocycles. The van der Waals surface area contributed by atoms with E-state index in [9.17, 15) is 15.3 Å². The van der Waals surface area contributed by atoms with Crippen LogP contribution < -0.4 is 29.6 Å². The molecule has 15 heavy (non-hydrogen) atoms. The van der Waals surface area contributed by atoms with E-state index in [0.717, 1.165) is 0 Å². The minimum Gasteiger partial charge on any atom is -1.00 e. The van der Waals surface area contributed by atoms with Gasteiger partial charge in [-0.1, -0.05) is 0 Å². The molecular formula is C8H17NaO6. The maximum atomic E-state index is 9.41. The third kappa shape index (κ3) is 3.62. The van der Waals surface area contributed by atoms with E-state index in [0.29, 0.717) is 6.61 Å². The fraction of sp³-hybridized carbons (Fsp3) is 1.00. The Morgan fingerprint density at radius 1 is 1.20 bits per heavy atom. The summed E-state index contributed by atoms with van der Waals surface area (Å²) < 4.78 is 10.0. The van der Waals surface area contributed by atoms with Gasteiger partial charge in [0.2, 0.25) is 0 Å². The molecular weight excluding hydrogens is 215 g/mol. The Bertz CT molecular complexity index is 182. The van der Waals surface area contributed by atoms with Crippen molar-refractivity contribution in [1.82, 2.24) is 0 Å².